The first-order chi connectivity index (χ1) is 10.1. The van der Waals surface area contributed by atoms with Crippen LogP contribution in [0.15, 0.2) is 4.99 Å². The fraction of sp³-hybridized carbons (Fsp3) is 0.636. The van der Waals surface area contributed by atoms with Gasteiger partial charge in [-0.3, -0.25) is 19.4 Å². The minimum Gasteiger partial charge on any atom is -0.481 e. The molecule has 23 heavy (non-hydrogen) atoms. The Morgan fingerprint density at radius 2 is 1.35 bits per heavy atom. The monoisotopic (exact) mass is 339 g/mol. The standard InChI is InChI=1S/C6H14N4O2.C5H9NO4.H2O/c7-4(5(11)12)2-1-3-10-6(8)9;6-3(5(9)10)1-2-4(7)8;/h4H,1-3,7H2,(H,11,12)(H4,8,9,10);3H,1-2,6H2,(H,7,8)(H,9,10);1H2/t4-;3-;/m00./s1. The van der Waals surface area contributed by atoms with Gasteiger partial charge in [-0.15, -0.1) is 0 Å². The third kappa shape index (κ3) is 19.6. The second kappa shape index (κ2) is 14.5. The first kappa shape index (κ1) is 25.5. The van der Waals surface area contributed by atoms with E-state index in [9.17, 15) is 14.4 Å². The quantitative estimate of drug-likeness (QED) is 0.126. The lowest BCUT2D eigenvalue weighted by molar-refractivity contribution is -0.140. The highest BCUT2D eigenvalue weighted by Gasteiger charge is 2.12. The van der Waals surface area contributed by atoms with Gasteiger partial charge >= 0.3 is 17.9 Å². The average Bonchev–Trinajstić information content (AvgIpc) is 2.40. The van der Waals surface area contributed by atoms with Gasteiger partial charge in [0.05, 0.1) is 0 Å². The summed E-state index contributed by atoms with van der Waals surface area (Å²) in [7, 11) is 0. The molecule has 0 saturated carbocycles. The number of aliphatic carboxylic acids is 3. The summed E-state index contributed by atoms with van der Waals surface area (Å²) in [5.74, 6) is -3.18. The van der Waals surface area contributed by atoms with E-state index >= 15 is 0 Å². The third-order valence-corrected chi connectivity index (χ3v) is 2.27. The Labute approximate surface area is 132 Å². The smallest absolute Gasteiger partial charge is 0.320 e. The van der Waals surface area contributed by atoms with Crippen LogP contribution in [0, 0.1) is 0 Å². The molecular weight excluding hydrogens is 314 g/mol. The van der Waals surface area contributed by atoms with Crippen LogP contribution in [0.25, 0.3) is 0 Å². The molecule has 12 nitrogen and oxygen atoms in total. The van der Waals surface area contributed by atoms with E-state index in [1.165, 1.54) is 0 Å². The van der Waals surface area contributed by atoms with Crippen molar-refractivity contribution in [3.63, 3.8) is 0 Å². The van der Waals surface area contributed by atoms with Gasteiger partial charge in [-0.1, -0.05) is 0 Å². The fourth-order valence-electron chi connectivity index (χ4n) is 1.05. The van der Waals surface area contributed by atoms with Gasteiger partial charge in [0.25, 0.3) is 0 Å². The number of aliphatic imine (C=N–C) groups is 1. The molecule has 0 fully saturated rings. The second-order valence-electron chi connectivity index (χ2n) is 4.27. The van der Waals surface area contributed by atoms with E-state index in [0.717, 1.165) is 0 Å². The highest BCUT2D eigenvalue weighted by Crippen LogP contribution is 1.94. The Kier molecular flexibility index (Phi) is 16.1. The van der Waals surface area contributed by atoms with Crippen LogP contribution in [0.4, 0.5) is 0 Å². The summed E-state index contributed by atoms with van der Waals surface area (Å²) in [6.45, 7) is 0.420. The van der Waals surface area contributed by atoms with Gasteiger partial charge in [0, 0.05) is 13.0 Å². The highest BCUT2D eigenvalue weighted by molar-refractivity contribution is 5.75. The molecule has 0 aromatic heterocycles. The molecule has 2 atom stereocenters. The third-order valence-electron chi connectivity index (χ3n) is 2.27. The highest BCUT2D eigenvalue weighted by atomic mass is 16.4. The van der Waals surface area contributed by atoms with Gasteiger partial charge in [-0.25, -0.2) is 0 Å². The first-order valence-electron chi connectivity index (χ1n) is 6.31. The van der Waals surface area contributed by atoms with E-state index in [-0.39, 0.29) is 24.3 Å². The van der Waals surface area contributed by atoms with Crippen molar-refractivity contribution >= 4 is 23.9 Å². The number of nitrogens with two attached hydrogens (primary N) is 4. The molecule has 136 valence electrons. The number of carboxylic acid groups (broad SMARTS) is 3. The predicted molar refractivity (Wildman–Crippen MR) is 81.6 cm³/mol. The lowest BCUT2D eigenvalue weighted by Gasteiger charge is -2.03. The fourth-order valence-corrected chi connectivity index (χ4v) is 1.05. The summed E-state index contributed by atoms with van der Waals surface area (Å²) < 4.78 is 0. The van der Waals surface area contributed by atoms with Crippen LogP contribution in [-0.2, 0) is 14.4 Å². The Hall–Kier alpha value is -2.44. The maximum Gasteiger partial charge on any atom is 0.320 e. The average molecular weight is 339 g/mol. The molecule has 0 aliphatic heterocycles. The summed E-state index contributed by atoms with van der Waals surface area (Å²) in [5, 5.41) is 24.7. The van der Waals surface area contributed by atoms with Gasteiger partial charge in [0.15, 0.2) is 5.96 Å². The number of guanidine groups is 1. The van der Waals surface area contributed by atoms with E-state index in [2.05, 4.69) is 4.99 Å². The van der Waals surface area contributed by atoms with Crippen molar-refractivity contribution in [3.05, 3.63) is 0 Å². The van der Waals surface area contributed by atoms with Crippen LogP contribution in [0.1, 0.15) is 25.7 Å². The van der Waals surface area contributed by atoms with Crippen molar-refractivity contribution in [2.24, 2.45) is 27.9 Å². The molecular formula is C11H25N5O7. The Morgan fingerprint density at radius 3 is 1.70 bits per heavy atom. The van der Waals surface area contributed by atoms with Gasteiger partial charge in [0.2, 0.25) is 0 Å². The maximum absolute atomic E-state index is 10.2. The van der Waals surface area contributed by atoms with Crippen molar-refractivity contribution < 1.29 is 35.2 Å². The molecule has 0 saturated heterocycles. The number of nitrogens with zero attached hydrogens (tertiary/aromatic N) is 1. The zero-order chi connectivity index (χ0) is 17.7. The van der Waals surface area contributed by atoms with Crippen molar-refractivity contribution in [3.8, 4) is 0 Å². The van der Waals surface area contributed by atoms with Gasteiger partial charge < -0.3 is 43.7 Å². The maximum atomic E-state index is 10.2. The van der Waals surface area contributed by atoms with E-state index in [4.69, 9.17) is 38.3 Å². The summed E-state index contributed by atoms with van der Waals surface area (Å²) in [4.78, 5) is 33.8. The van der Waals surface area contributed by atoms with E-state index < -0.39 is 30.0 Å². The zero-order valence-electron chi connectivity index (χ0n) is 12.5. The molecule has 13 N–H and O–H groups in total. The Morgan fingerprint density at radius 1 is 0.913 bits per heavy atom. The molecule has 0 aliphatic carbocycles. The number of hydrogen-bond acceptors (Lipinski definition) is 6. The molecule has 0 unspecified atom stereocenters. The van der Waals surface area contributed by atoms with Crippen LogP contribution in [0.5, 0.6) is 0 Å². The number of carbonyl (C=O) groups is 3. The van der Waals surface area contributed by atoms with Crippen molar-refractivity contribution in [2.75, 3.05) is 6.54 Å². The summed E-state index contributed by atoms with van der Waals surface area (Å²) in [6, 6.07) is -1.88. The van der Waals surface area contributed by atoms with Crippen molar-refractivity contribution in [2.45, 2.75) is 37.8 Å². The second-order valence-corrected chi connectivity index (χ2v) is 4.27. The Bertz CT molecular complexity index is 398. The summed E-state index contributed by atoms with van der Waals surface area (Å²) >= 11 is 0. The molecule has 0 heterocycles. The molecule has 12 heteroatoms. The number of carboxylic acids is 3. The minimum absolute atomic E-state index is 0. The van der Waals surface area contributed by atoms with Gasteiger partial charge in [-0.05, 0) is 19.3 Å². The van der Waals surface area contributed by atoms with Crippen LogP contribution >= 0.6 is 0 Å². The molecule has 0 aromatic carbocycles. The SMILES string of the molecule is NC(N)=NCCC[C@H](N)C(=O)O.N[C@@H](CCC(=O)O)C(=O)O.O. The van der Waals surface area contributed by atoms with Crippen LogP contribution < -0.4 is 22.9 Å². The molecule has 0 amide bonds. The van der Waals surface area contributed by atoms with Crippen LogP contribution in [-0.4, -0.2) is 63.3 Å². The Balaban J connectivity index is -0.000000338. The lowest BCUT2D eigenvalue weighted by atomic mass is 10.2. The zero-order valence-corrected chi connectivity index (χ0v) is 12.5. The summed E-state index contributed by atoms with van der Waals surface area (Å²) in [6.07, 6.45) is 0.732. The van der Waals surface area contributed by atoms with E-state index in [1.807, 2.05) is 0 Å². The molecule has 0 rings (SSSR count). The molecule has 0 radical (unpaired) electrons. The molecule has 0 aromatic rings. The number of hydrogen-bond donors (Lipinski definition) is 7. The van der Waals surface area contributed by atoms with Gasteiger partial charge in [0.1, 0.15) is 12.1 Å². The largest absolute Gasteiger partial charge is 0.481 e. The predicted octanol–water partition coefficient (Wildman–Crippen LogP) is -3.11. The summed E-state index contributed by atoms with van der Waals surface area (Å²) in [5.41, 5.74) is 20.3. The first-order valence-corrected chi connectivity index (χ1v) is 6.31. The molecule has 0 bridgehead atoms. The topological polar surface area (TPSA) is 260 Å². The van der Waals surface area contributed by atoms with Crippen LogP contribution in [0.2, 0.25) is 0 Å². The van der Waals surface area contributed by atoms with Crippen LogP contribution in [0.3, 0.4) is 0 Å². The van der Waals surface area contributed by atoms with Gasteiger partial charge in [-0.2, -0.15) is 0 Å². The molecule has 0 aliphatic rings. The van der Waals surface area contributed by atoms with E-state index in [0.29, 0.717) is 19.4 Å². The molecule has 0 spiro atoms. The van der Waals surface area contributed by atoms with E-state index in [1.54, 1.807) is 0 Å². The van der Waals surface area contributed by atoms with Crippen molar-refractivity contribution in [1.82, 2.24) is 0 Å². The minimum atomic E-state index is -1.17. The van der Waals surface area contributed by atoms with Crippen molar-refractivity contribution in [1.29, 1.82) is 0 Å². The normalized spacial score (nSPS) is 11.7. The lowest BCUT2D eigenvalue weighted by Crippen LogP contribution is -2.30. The number of rotatable bonds is 9.